The number of benzene rings is 2. The molecule has 1 aromatic heterocycles. The van der Waals surface area contributed by atoms with Crippen molar-refractivity contribution >= 4 is 62.6 Å². The van der Waals surface area contributed by atoms with E-state index in [0.717, 1.165) is 10.8 Å². The minimum Gasteiger partial charge on any atom is -0.380 e. The molecule has 0 aliphatic carbocycles. The third kappa shape index (κ3) is 4.45. The number of hydrogen-bond acceptors (Lipinski definition) is 6. The Balaban J connectivity index is 1.49. The lowest BCUT2D eigenvalue weighted by atomic mass is 10.1. The monoisotopic (exact) mass is 536 g/mol. The number of amides is 2. The van der Waals surface area contributed by atoms with Crippen LogP contribution in [-0.2, 0) is 14.3 Å². The van der Waals surface area contributed by atoms with Crippen LogP contribution in [0.25, 0.3) is 10.8 Å². The van der Waals surface area contributed by atoms with Crippen molar-refractivity contribution in [3.63, 3.8) is 0 Å². The minimum atomic E-state index is -1.71. The Morgan fingerprint density at radius 2 is 2.03 bits per heavy atom. The molecule has 0 saturated carbocycles. The van der Waals surface area contributed by atoms with Crippen molar-refractivity contribution in [2.45, 2.75) is 12.2 Å². The molecule has 0 unspecified atom stereocenters. The number of nitrogens with one attached hydrogen (secondary N) is 2. The van der Waals surface area contributed by atoms with E-state index in [-0.39, 0.29) is 13.2 Å². The number of halogens is 2. The van der Waals surface area contributed by atoms with Gasteiger partial charge in [-0.3, -0.25) is 9.59 Å². The summed E-state index contributed by atoms with van der Waals surface area (Å²) in [6.45, 7) is 0.369. The van der Waals surface area contributed by atoms with Gasteiger partial charge >= 0.3 is 0 Å². The Kier molecular flexibility index (Phi) is 6.30. The van der Waals surface area contributed by atoms with E-state index in [2.05, 4.69) is 13.8 Å². The van der Waals surface area contributed by atoms with E-state index in [1.54, 1.807) is 30.5 Å². The van der Waals surface area contributed by atoms with Gasteiger partial charge in [-0.25, -0.2) is 9.37 Å². The summed E-state index contributed by atoms with van der Waals surface area (Å²) in [4.78, 5) is 31.0. The van der Waals surface area contributed by atoms with Gasteiger partial charge in [0.05, 0.1) is 29.5 Å². The first-order valence-corrected chi connectivity index (χ1v) is 10.5. The van der Waals surface area contributed by atoms with Gasteiger partial charge < -0.3 is 23.6 Å². The number of aliphatic hydroxyl groups is 1. The van der Waals surface area contributed by atoms with Crippen LogP contribution in [0.5, 0.6) is 0 Å². The summed E-state index contributed by atoms with van der Waals surface area (Å²) in [5.41, 5.74) is 0.927. The second-order valence-electron chi connectivity index (χ2n) is 6.88. The topological polar surface area (TPSA) is 104 Å². The number of carbonyl (C=O) groups is 2. The summed E-state index contributed by atoms with van der Waals surface area (Å²) in [6, 6.07) is 12.4. The molecule has 0 radical (unpaired) electrons. The predicted octanol–water partition coefficient (Wildman–Crippen LogP) is 2.87. The molecule has 3 N–H and O–H groups in total. The molecule has 0 bridgehead atoms. The molecular formula is C21H18FIN4O4. The average molecular weight is 536 g/mol. The maximum Gasteiger partial charge on any atom is 0.259 e. The summed E-state index contributed by atoms with van der Waals surface area (Å²) in [5.74, 6) is -1.06. The van der Waals surface area contributed by atoms with Crippen LogP contribution in [0.4, 0.5) is 21.6 Å². The van der Waals surface area contributed by atoms with Crippen molar-refractivity contribution in [2.75, 3.05) is 26.9 Å². The zero-order valence-corrected chi connectivity index (χ0v) is 18.2. The van der Waals surface area contributed by atoms with Gasteiger partial charge in [-0.1, -0.05) is 0 Å². The van der Waals surface area contributed by atoms with Gasteiger partial charge in [0.2, 0.25) is 0 Å². The first kappa shape index (κ1) is 21.4. The Morgan fingerprint density at radius 3 is 2.77 bits per heavy atom. The molecule has 0 spiro atoms. The predicted molar refractivity (Wildman–Crippen MR) is 123 cm³/mol. The van der Waals surface area contributed by atoms with E-state index >= 15 is 0 Å². The van der Waals surface area contributed by atoms with Crippen molar-refractivity contribution < 1.29 is 23.8 Å². The van der Waals surface area contributed by atoms with Crippen molar-refractivity contribution in [3.8, 4) is 0 Å². The van der Waals surface area contributed by atoms with Gasteiger partial charge in [0.25, 0.3) is 11.8 Å². The highest BCUT2D eigenvalue weighted by Crippen LogP contribution is 2.26. The Labute approximate surface area is 190 Å². The summed E-state index contributed by atoms with van der Waals surface area (Å²) in [5, 5.41) is 14.8. The van der Waals surface area contributed by atoms with E-state index in [1.807, 2.05) is 22.9 Å². The maximum absolute atomic E-state index is 13.2. The molecule has 4 rings (SSSR count). The fourth-order valence-corrected chi connectivity index (χ4v) is 3.82. The van der Waals surface area contributed by atoms with Crippen LogP contribution in [0.15, 0.2) is 54.7 Å². The van der Waals surface area contributed by atoms with Gasteiger partial charge in [0.15, 0.2) is 12.2 Å². The first-order valence-electron chi connectivity index (χ1n) is 9.41. The van der Waals surface area contributed by atoms with Crippen LogP contribution in [0, 0.1) is 5.82 Å². The molecule has 160 valence electrons. The number of hydrogen-bond donors (Lipinski definition) is 3. The van der Waals surface area contributed by atoms with Crippen molar-refractivity contribution in [3.05, 3.63) is 60.5 Å². The van der Waals surface area contributed by atoms with Crippen molar-refractivity contribution in [1.82, 2.24) is 4.98 Å². The number of pyridine rings is 1. The fourth-order valence-electron chi connectivity index (χ4n) is 3.39. The quantitative estimate of drug-likeness (QED) is 0.343. The zero-order chi connectivity index (χ0) is 22.0. The summed E-state index contributed by atoms with van der Waals surface area (Å²) < 4.78 is 21.5. The van der Waals surface area contributed by atoms with E-state index in [4.69, 9.17) is 4.74 Å². The fraction of sp³-hybridized carbons (Fsp3) is 0.190. The van der Waals surface area contributed by atoms with Gasteiger partial charge in [0, 0.05) is 29.5 Å². The third-order valence-electron chi connectivity index (χ3n) is 4.94. The number of nitrogens with zero attached hydrogens (tertiary/aromatic N) is 2. The van der Waals surface area contributed by atoms with E-state index < -0.39 is 29.8 Å². The summed E-state index contributed by atoms with van der Waals surface area (Å²) in [6.07, 6.45) is -1.43. The number of aromatic nitrogens is 1. The number of carbonyl (C=O) groups excluding carboxylic acids is 2. The number of anilines is 3. The average Bonchev–Trinajstić information content (AvgIpc) is 2.79. The molecule has 2 amide bonds. The maximum atomic E-state index is 13.2. The molecular weight excluding hydrogens is 518 g/mol. The van der Waals surface area contributed by atoms with Crippen LogP contribution in [0.2, 0.25) is 0 Å². The molecule has 10 heteroatoms. The molecule has 1 saturated heterocycles. The van der Waals surface area contributed by atoms with Gasteiger partial charge in [0.1, 0.15) is 11.6 Å². The lowest BCUT2D eigenvalue weighted by molar-refractivity contribution is -0.150. The second-order valence-corrected chi connectivity index (χ2v) is 7.42. The second kappa shape index (κ2) is 9.12. The molecule has 31 heavy (non-hydrogen) atoms. The normalized spacial score (nSPS) is 17.5. The largest absolute Gasteiger partial charge is 0.380 e. The number of fused-ring (bicyclic) bond motifs is 1. The molecule has 2 aromatic carbocycles. The molecule has 3 aromatic rings. The van der Waals surface area contributed by atoms with Gasteiger partial charge in [-0.2, -0.15) is 0 Å². The molecule has 1 aliphatic rings. The lowest BCUT2D eigenvalue weighted by Gasteiger charge is -2.34. The van der Waals surface area contributed by atoms with Gasteiger partial charge in [-0.15, -0.1) is 0 Å². The van der Waals surface area contributed by atoms with Crippen LogP contribution in [0.3, 0.4) is 0 Å². The number of ether oxygens (including phenoxy) is 1. The number of morpholine rings is 1. The number of aliphatic hydroxyl groups excluding tert-OH is 1. The zero-order valence-electron chi connectivity index (χ0n) is 16.1. The molecule has 8 nitrogen and oxygen atoms in total. The first-order chi connectivity index (χ1) is 15.0. The highest BCUT2D eigenvalue weighted by Gasteiger charge is 2.39. The van der Waals surface area contributed by atoms with Crippen LogP contribution >= 0.6 is 22.9 Å². The molecule has 1 aliphatic heterocycles. The number of rotatable bonds is 5. The van der Waals surface area contributed by atoms with Crippen molar-refractivity contribution in [2.24, 2.45) is 0 Å². The Bertz CT molecular complexity index is 1130. The molecule has 1 fully saturated rings. The Morgan fingerprint density at radius 1 is 1.26 bits per heavy atom. The molecule has 2 atom stereocenters. The molecule has 2 heterocycles. The highest BCUT2D eigenvalue weighted by atomic mass is 127. The smallest absolute Gasteiger partial charge is 0.259 e. The Hall–Kier alpha value is -2.83. The highest BCUT2D eigenvalue weighted by molar-refractivity contribution is 14.1. The van der Waals surface area contributed by atoms with Crippen molar-refractivity contribution in [1.29, 1.82) is 0 Å². The minimum absolute atomic E-state index is 0.132. The van der Waals surface area contributed by atoms with E-state index in [1.165, 1.54) is 29.2 Å². The summed E-state index contributed by atoms with van der Waals surface area (Å²) >= 11 is 1.99. The third-order valence-corrected chi connectivity index (χ3v) is 5.45. The standard InChI is InChI=1S/C21H18FIN4O4/c22-13-1-4-15(5-2-13)27-9-10-31-18(21(27)30)17(28)20(29)25-14-3-6-16-12(11-14)7-8-24-19(16)26-23/h1-8,11,17-18,28H,9-10H2,(H,24,26)(H,25,29)/t17-,18-/m1/s1. The van der Waals surface area contributed by atoms with Crippen LogP contribution in [0.1, 0.15) is 0 Å². The van der Waals surface area contributed by atoms with Crippen LogP contribution in [-0.4, -0.2) is 47.3 Å². The van der Waals surface area contributed by atoms with Gasteiger partial charge in [-0.05, 0) is 53.9 Å². The van der Waals surface area contributed by atoms with Crippen LogP contribution < -0.4 is 13.7 Å². The van der Waals surface area contributed by atoms with E-state index in [0.29, 0.717) is 17.2 Å². The lowest BCUT2D eigenvalue weighted by Crippen LogP contribution is -2.55. The van der Waals surface area contributed by atoms with E-state index in [9.17, 15) is 19.1 Å². The summed E-state index contributed by atoms with van der Waals surface area (Å²) in [7, 11) is 0. The SMILES string of the molecule is O=C(Nc1ccc2c(NI)nccc2c1)[C@H](O)[C@H]1OCCN(c2ccc(F)cc2)C1=O.